The maximum absolute atomic E-state index is 13.3. The van der Waals surface area contributed by atoms with Gasteiger partial charge in [-0.3, -0.25) is 0 Å². The van der Waals surface area contributed by atoms with E-state index in [1.807, 2.05) is 0 Å². The van der Waals surface area contributed by atoms with Crippen LogP contribution < -0.4 is 0 Å². The Morgan fingerprint density at radius 2 is 1.89 bits per heavy atom. The van der Waals surface area contributed by atoms with Gasteiger partial charge < -0.3 is 10.2 Å². The maximum Gasteiger partial charge on any atom is 0.123 e. The molecule has 2 N–H and O–H groups in total. The van der Waals surface area contributed by atoms with Crippen molar-refractivity contribution >= 4 is 0 Å². The summed E-state index contributed by atoms with van der Waals surface area (Å²) in [5, 5.41) is 20.8. The van der Waals surface area contributed by atoms with Gasteiger partial charge in [0.1, 0.15) is 11.9 Å². The van der Waals surface area contributed by atoms with Crippen molar-refractivity contribution in [2.45, 2.75) is 51.2 Å². The summed E-state index contributed by atoms with van der Waals surface area (Å²) < 4.78 is 13.3. The molecule has 1 fully saturated rings. The number of rotatable bonds is 2. The van der Waals surface area contributed by atoms with E-state index in [9.17, 15) is 14.6 Å². The largest absolute Gasteiger partial charge is 0.387 e. The quantitative estimate of drug-likeness (QED) is 0.849. The smallest absolute Gasteiger partial charge is 0.123 e. The van der Waals surface area contributed by atoms with Gasteiger partial charge in [-0.1, -0.05) is 13.0 Å². The third-order valence-electron chi connectivity index (χ3n) is 4.03. The zero-order valence-electron chi connectivity index (χ0n) is 11.0. The highest BCUT2D eigenvalue weighted by Crippen LogP contribution is 2.40. The van der Waals surface area contributed by atoms with Gasteiger partial charge in [-0.25, -0.2) is 4.39 Å². The van der Waals surface area contributed by atoms with E-state index in [1.165, 1.54) is 12.1 Å². The van der Waals surface area contributed by atoms with E-state index in [4.69, 9.17) is 0 Å². The van der Waals surface area contributed by atoms with Crippen molar-refractivity contribution < 1.29 is 14.6 Å². The number of aliphatic hydroxyl groups is 2. The van der Waals surface area contributed by atoms with Crippen molar-refractivity contribution in [3.05, 3.63) is 35.1 Å². The van der Waals surface area contributed by atoms with Crippen molar-refractivity contribution in [1.82, 2.24) is 0 Å². The molecule has 0 heterocycles. The van der Waals surface area contributed by atoms with Crippen LogP contribution in [-0.2, 0) is 0 Å². The Morgan fingerprint density at radius 1 is 1.28 bits per heavy atom. The van der Waals surface area contributed by atoms with Gasteiger partial charge in [0.2, 0.25) is 0 Å². The van der Waals surface area contributed by atoms with Gasteiger partial charge in [-0.05, 0) is 61.8 Å². The van der Waals surface area contributed by atoms with Crippen molar-refractivity contribution in [3.63, 3.8) is 0 Å². The molecule has 1 atom stereocenters. The molecule has 0 saturated heterocycles. The Morgan fingerprint density at radius 3 is 2.44 bits per heavy atom. The minimum Gasteiger partial charge on any atom is -0.387 e. The van der Waals surface area contributed by atoms with E-state index in [1.54, 1.807) is 13.0 Å². The number of aryl methyl sites for hydroxylation is 1. The molecule has 2 nitrogen and oxygen atoms in total. The number of hydrogen-bond acceptors (Lipinski definition) is 2. The SMILES string of the molecule is Cc1cc(F)cc(C(O)C2(O)CCC(C)CC2)c1. The Labute approximate surface area is 107 Å². The minimum atomic E-state index is -1.10. The molecular formula is C15H21FO2. The molecule has 0 radical (unpaired) electrons. The van der Waals surface area contributed by atoms with Crippen molar-refractivity contribution in [1.29, 1.82) is 0 Å². The fourth-order valence-corrected chi connectivity index (χ4v) is 2.77. The molecule has 0 bridgehead atoms. The van der Waals surface area contributed by atoms with Gasteiger partial charge in [-0.2, -0.15) is 0 Å². The highest BCUT2D eigenvalue weighted by molar-refractivity contribution is 5.27. The van der Waals surface area contributed by atoms with Crippen molar-refractivity contribution in [3.8, 4) is 0 Å². The number of hydrogen-bond donors (Lipinski definition) is 2. The standard InChI is InChI=1S/C15H21FO2/c1-10-3-5-15(18,6-4-10)14(17)12-7-11(2)8-13(16)9-12/h7-10,14,17-18H,3-6H2,1-2H3. The van der Waals surface area contributed by atoms with Gasteiger partial charge in [-0.15, -0.1) is 0 Å². The van der Waals surface area contributed by atoms with Crippen molar-refractivity contribution in [2.75, 3.05) is 0 Å². The van der Waals surface area contributed by atoms with Gasteiger partial charge >= 0.3 is 0 Å². The second kappa shape index (κ2) is 4.98. The van der Waals surface area contributed by atoms with Crippen LogP contribution in [0.3, 0.4) is 0 Å². The van der Waals surface area contributed by atoms with Crippen molar-refractivity contribution in [2.24, 2.45) is 5.92 Å². The molecular weight excluding hydrogens is 231 g/mol. The van der Waals surface area contributed by atoms with Crippen LogP contribution in [0.5, 0.6) is 0 Å². The molecule has 1 aromatic carbocycles. The lowest BCUT2D eigenvalue weighted by Gasteiger charge is -2.38. The Kier molecular flexibility index (Phi) is 3.74. The maximum atomic E-state index is 13.3. The van der Waals surface area contributed by atoms with Crippen LogP contribution in [0.25, 0.3) is 0 Å². The van der Waals surface area contributed by atoms with E-state index < -0.39 is 11.7 Å². The molecule has 3 heteroatoms. The fourth-order valence-electron chi connectivity index (χ4n) is 2.77. The Hall–Kier alpha value is -0.930. The first-order valence-corrected chi connectivity index (χ1v) is 6.58. The first kappa shape index (κ1) is 13.5. The van der Waals surface area contributed by atoms with E-state index in [-0.39, 0.29) is 5.82 Å². The van der Waals surface area contributed by atoms with Gasteiger partial charge in [0.25, 0.3) is 0 Å². The van der Waals surface area contributed by atoms with E-state index in [0.717, 1.165) is 18.4 Å². The summed E-state index contributed by atoms with van der Waals surface area (Å²) in [5.41, 5.74) is 0.133. The normalized spacial score (nSPS) is 30.2. The minimum absolute atomic E-state index is 0.364. The molecule has 0 aromatic heterocycles. The van der Waals surface area contributed by atoms with Gasteiger partial charge in [0.05, 0.1) is 5.60 Å². The van der Waals surface area contributed by atoms with E-state index in [2.05, 4.69) is 6.92 Å². The highest BCUT2D eigenvalue weighted by Gasteiger charge is 2.39. The first-order chi connectivity index (χ1) is 8.40. The van der Waals surface area contributed by atoms with Crippen LogP contribution in [0.1, 0.15) is 49.8 Å². The number of aliphatic hydroxyl groups excluding tert-OH is 1. The lowest BCUT2D eigenvalue weighted by Crippen LogP contribution is -2.39. The molecule has 18 heavy (non-hydrogen) atoms. The molecule has 1 aliphatic rings. The third kappa shape index (κ3) is 2.73. The molecule has 0 spiro atoms. The molecule has 1 aromatic rings. The molecule has 1 unspecified atom stereocenters. The third-order valence-corrected chi connectivity index (χ3v) is 4.03. The fraction of sp³-hybridized carbons (Fsp3) is 0.600. The van der Waals surface area contributed by atoms with E-state index >= 15 is 0 Å². The predicted octanol–water partition coefficient (Wildman–Crippen LogP) is 3.11. The lowest BCUT2D eigenvalue weighted by atomic mass is 9.75. The second-order valence-electron chi connectivity index (χ2n) is 5.75. The van der Waals surface area contributed by atoms with Crippen LogP contribution >= 0.6 is 0 Å². The molecule has 1 aliphatic carbocycles. The van der Waals surface area contributed by atoms with Crippen LogP contribution in [0.4, 0.5) is 4.39 Å². The van der Waals surface area contributed by atoms with Gasteiger partial charge in [0.15, 0.2) is 0 Å². The average Bonchev–Trinajstić information content (AvgIpc) is 2.31. The zero-order valence-corrected chi connectivity index (χ0v) is 11.0. The summed E-state index contributed by atoms with van der Waals surface area (Å²) in [4.78, 5) is 0. The van der Waals surface area contributed by atoms with Crippen LogP contribution in [0.2, 0.25) is 0 Å². The number of halogens is 1. The summed E-state index contributed by atoms with van der Waals surface area (Å²) in [6.07, 6.45) is 1.96. The van der Waals surface area contributed by atoms with Crippen LogP contribution in [0.15, 0.2) is 18.2 Å². The summed E-state index contributed by atoms with van der Waals surface area (Å²) in [6, 6.07) is 4.47. The second-order valence-corrected chi connectivity index (χ2v) is 5.75. The highest BCUT2D eigenvalue weighted by atomic mass is 19.1. The summed E-state index contributed by atoms with van der Waals surface area (Å²) in [5.74, 6) is 0.226. The average molecular weight is 252 g/mol. The Balaban J connectivity index is 2.22. The summed E-state index contributed by atoms with van der Waals surface area (Å²) in [7, 11) is 0. The molecule has 100 valence electrons. The Bertz CT molecular complexity index is 402. The van der Waals surface area contributed by atoms with Gasteiger partial charge in [0, 0.05) is 0 Å². The zero-order chi connectivity index (χ0) is 13.3. The van der Waals surface area contributed by atoms with Crippen LogP contribution in [-0.4, -0.2) is 15.8 Å². The molecule has 0 aliphatic heterocycles. The predicted molar refractivity (Wildman–Crippen MR) is 68.7 cm³/mol. The lowest BCUT2D eigenvalue weighted by molar-refractivity contribution is -0.105. The van der Waals surface area contributed by atoms with E-state index in [0.29, 0.717) is 24.3 Å². The molecule has 2 rings (SSSR count). The summed E-state index contributed by atoms with van der Waals surface area (Å²) >= 11 is 0. The summed E-state index contributed by atoms with van der Waals surface area (Å²) in [6.45, 7) is 3.94. The number of benzene rings is 1. The monoisotopic (exact) mass is 252 g/mol. The molecule has 1 saturated carbocycles. The van der Waals surface area contributed by atoms with Crippen LogP contribution in [0, 0.1) is 18.7 Å². The first-order valence-electron chi connectivity index (χ1n) is 6.58. The molecule has 0 amide bonds. The topological polar surface area (TPSA) is 40.5 Å².